The minimum atomic E-state index is -0.692. The Labute approximate surface area is 157 Å². The lowest BCUT2D eigenvalue weighted by atomic mass is 9.77. The van der Waals surface area contributed by atoms with Gasteiger partial charge in [-0.15, -0.1) is 0 Å². The van der Waals surface area contributed by atoms with E-state index in [4.69, 9.17) is 0 Å². The van der Waals surface area contributed by atoms with Crippen molar-refractivity contribution in [1.29, 1.82) is 0 Å². The van der Waals surface area contributed by atoms with Gasteiger partial charge in [0.05, 0.1) is 6.54 Å². The van der Waals surface area contributed by atoms with Crippen molar-refractivity contribution < 1.29 is 19.2 Å². The molecule has 7 nitrogen and oxygen atoms in total. The summed E-state index contributed by atoms with van der Waals surface area (Å²) < 4.78 is 0. The summed E-state index contributed by atoms with van der Waals surface area (Å²) in [6.07, 6.45) is 6.60. The average molecular weight is 367 g/mol. The quantitative estimate of drug-likeness (QED) is 0.498. The van der Waals surface area contributed by atoms with Crippen molar-refractivity contribution in [3.8, 4) is 0 Å². The fourth-order valence-electron chi connectivity index (χ4n) is 3.98. The Morgan fingerprint density at radius 3 is 2.30 bits per heavy atom. The standard InChI is InChI=1S/C20H21N3O4/c24-16-7-8-17(25)23(16)11-14-5-1-2-6-15(14)21-18(26)19(27)22-12-20(13-22)9-3-4-10-20/h1-6H,7-13H2,(H,21,26). The van der Waals surface area contributed by atoms with Gasteiger partial charge in [0.1, 0.15) is 0 Å². The van der Waals surface area contributed by atoms with Gasteiger partial charge in [0.25, 0.3) is 0 Å². The lowest BCUT2D eigenvalue weighted by molar-refractivity contribution is -0.151. The number of hydrogen-bond donors (Lipinski definition) is 1. The van der Waals surface area contributed by atoms with Crippen molar-refractivity contribution in [2.24, 2.45) is 5.41 Å². The second-order valence-corrected chi connectivity index (χ2v) is 7.53. The number of nitrogens with one attached hydrogen (secondary N) is 1. The van der Waals surface area contributed by atoms with E-state index in [-0.39, 0.29) is 36.6 Å². The first-order valence-electron chi connectivity index (χ1n) is 9.14. The highest BCUT2D eigenvalue weighted by Crippen LogP contribution is 2.41. The summed E-state index contributed by atoms with van der Waals surface area (Å²) >= 11 is 0. The fraction of sp³-hybridized carbons (Fsp3) is 0.400. The normalized spacial score (nSPS) is 20.3. The average Bonchev–Trinajstić information content (AvgIpc) is 3.24. The Morgan fingerprint density at radius 2 is 1.63 bits per heavy atom. The number of allylic oxidation sites excluding steroid dienone is 2. The number of para-hydroxylation sites is 1. The molecule has 3 aliphatic rings. The molecule has 0 aromatic heterocycles. The van der Waals surface area contributed by atoms with Crippen LogP contribution in [0.4, 0.5) is 5.69 Å². The molecular weight excluding hydrogens is 346 g/mol. The van der Waals surface area contributed by atoms with Crippen LogP contribution in [0, 0.1) is 5.41 Å². The number of likely N-dealkylation sites (tertiary alicyclic amines) is 2. The largest absolute Gasteiger partial charge is 0.333 e. The number of imide groups is 1. The van der Waals surface area contributed by atoms with Gasteiger partial charge in [-0.3, -0.25) is 24.1 Å². The van der Waals surface area contributed by atoms with Gasteiger partial charge < -0.3 is 10.2 Å². The van der Waals surface area contributed by atoms with Crippen LogP contribution in [0.3, 0.4) is 0 Å². The Balaban J connectivity index is 1.40. The molecule has 1 aromatic rings. The van der Waals surface area contributed by atoms with Gasteiger partial charge in [0.15, 0.2) is 0 Å². The Hall–Kier alpha value is -2.96. The minimum Gasteiger partial charge on any atom is -0.333 e. The highest BCUT2D eigenvalue weighted by Gasteiger charge is 2.46. The maximum atomic E-state index is 12.4. The highest BCUT2D eigenvalue weighted by molar-refractivity contribution is 6.39. The summed E-state index contributed by atoms with van der Waals surface area (Å²) in [5.41, 5.74) is 1.20. The zero-order chi connectivity index (χ0) is 19.0. The first-order valence-corrected chi connectivity index (χ1v) is 9.14. The highest BCUT2D eigenvalue weighted by atomic mass is 16.2. The van der Waals surface area contributed by atoms with E-state index in [1.54, 1.807) is 29.2 Å². The molecular formula is C20H21N3O4. The first-order chi connectivity index (χ1) is 13.0. The van der Waals surface area contributed by atoms with Gasteiger partial charge in [-0.2, -0.15) is 0 Å². The Morgan fingerprint density at radius 1 is 1.00 bits per heavy atom. The van der Waals surface area contributed by atoms with Crippen molar-refractivity contribution in [2.75, 3.05) is 18.4 Å². The third kappa shape index (κ3) is 3.25. The number of anilines is 1. The zero-order valence-electron chi connectivity index (χ0n) is 14.9. The van der Waals surface area contributed by atoms with E-state index in [1.807, 2.05) is 0 Å². The number of nitrogens with zero attached hydrogens (tertiary/aromatic N) is 2. The number of carbonyl (C=O) groups is 4. The van der Waals surface area contributed by atoms with E-state index in [0.29, 0.717) is 24.3 Å². The maximum absolute atomic E-state index is 12.4. The molecule has 140 valence electrons. The number of carbonyl (C=O) groups excluding carboxylic acids is 4. The molecule has 0 radical (unpaired) electrons. The van der Waals surface area contributed by atoms with E-state index in [9.17, 15) is 19.2 Å². The molecule has 7 heteroatoms. The molecule has 1 N–H and O–H groups in total. The Kier molecular flexibility index (Phi) is 4.30. The summed E-state index contributed by atoms with van der Waals surface area (Å²) in [7, 11) is 0. The van der Waals surface area contributed by atoms with Crippen LogP contribution in [0.15, 0.2) is 36.4 Å². The Bertz CT molecular complexity index is 829. The van der Waals surface area contributed by atoms with Gasteiger partial charge in [0.2, 0.25) is 11.8 Å². The number of hydrogen-bond acceptors (Lipinski definition) is 4. The van der Waals surface area contributed by atoms with Crippen LogP contribution in [0.2, 0.25) is 0 Å². The van der Waals surface area contributed by atoms with E-state index in [1.165, 1.54) is 4.90 Å². The zero-order valence-corrected chi connectivity index (χ0v) is 14.9. The minimum absolute atomic E-state index is 0.0980. The second-order valence-electron chi connectivity index (χ2n) is 7.53. The molecule has 0 saturated carbocycles. The lowest BCUT2D eigenvalue weighted by Gasteiger charge is -2.47. The predicted octanol–water partition coefficient (Wildman–Crippen LogP) is 1.45. The van der Waals surface area contributed by atoms with Crippen LogP contribution in [-0.2, 0) is 25.7 Å². The summed E-state index contributed by atoms with van der Waals surface area (Å²) in [6.45, 7) is 1.30. The molecule has 27 heavy (non-hydrogen) atoms. The molecule has 0 atom stereocenters. The summed E-state index contributed by atoms with van der Waals surface area (Å²) in [6, 6.07) is 6.91. The fourth-order valence-corrected chi connectivity index (χ4v) is 3.98. The first kappa shape index (κ1) is 17.5. The molecule has 2 saturated heterocycles. The van der Waals surface area contributed by atoms with Crippen LogP contribution in [-0.4, -0.2) is 46.5 Å². The van der Waals surface area contributed by atoms with Crippen LogP contribution >= 0.6 is 0 Å². The molecule has 1 aliphatic carbocycles. The van der Waals surface area contributed by atoms with Crippen molar-refractivity contribution in [1.82, 2.24) is 9.80 Å². The topological polar surface area (TPSA) is 86.8 Å². The van der Waals surface area contributed by atoms with E-state index in [0.717, 1.165) is 12.8 Å². The van der Waals surface area contributed by atoms with E-state index in [2.05, 4.69) is 17.5 Å². The second kappa shape index (κ2) is 6.64. The molecule has 1 aromatic carbocycles. The van der Waals surface area contributed by atoms with E-state index < -0.39 is 11.8 Å². The van der Waals surface area contributed by atoms with E-state index >= 15 is 0 Å². The summed E-state index contributed by atoms with van der Waals surface area (Å²) in [5.74, 6) is -1.67. The molecule has 2 aliphatic heterocycles. The lowest BCUT2D eigenvalue weighted by Crippen LogP contribution is -2.59. The van der Waals surface area contributed by atoms with Crippen molar-refractivity contribution in [3.63, 3.8) is 0 Å². The van der Waals surface area contributed by atoms with Crippen molar-refractivity contribution in [2.45, 2.75) is 32.2 Å². The van der Waals surface area contributed by atoms with Gasteiger partial charge >= 0.3 is 11.8 Å². The molecule has 1 spiro atoms. The van der Waals surface area contributed by atoms with Crippen LogP contribution < -0.4 is 5.32 Å². The predicted molar refractivity (Wildman–Crippen MR) is 97.2 cm³/mol. The van der Waals surface area contributed by atoms with Gasteiger partial charge in [-0.1, -0.05) is 30.4 Å². The third-order valence-corrected chi connectivity index (χ3v) is 5.55. The smallest absolute Gasteiger partial charge is 0.313 e. The summed E-state index contributed by atoms with van der Waals surface area (Å²) in [4.78, 5) is 51.3. The monoisotopic (exact) mass is 367 g/mol. The number of amides is 4. The maximum Gasteiger partial charge on any atom is 0.313 e. The molecule has 0 bridgehead atoms. The molecule has 2 heterocycles. The third-order valence-electron chi connectivity index (χ3n) is 5.55. The van der Waals surface area contributed by atoms with Gasteiger partial charge in [0, 0.05) is 37.0 Å². The molecule has 4 rings (SSSR count). The summed E-state index contributed by atoms with van der Waals surface area (Å²) in [5, 5.41) is 2.65. The molecule has 0 unspecified atom stereocenters. The van der Waals surface area contributed by atoms with Crippen LogP contribution in [0.5, 0.6) is 0 Å². The van der Waals surface area contributed by atoms with Gasteiger partial charge in [-0.05, 0) is 24.5 Å². The van der Waals surface area contributed by atoms with Crippen molar-refractivity contribution >= 4 is 29.3 Å². The van der Waals surface area contributed by atoms with Gasteiger partial charge in [-0.25, -0.2) is 0 Å². The molecule has 4 amide bonds. The molecule has 2 fully saturated rings. The van der Waals surface area contributed by atoms with Crippen LogP contribution in [0.25, 0.3) is 0 Å². The van der Waals surface area contributed by atoms with Crippen molar-refractivity contribution in [3.05, 3.63) is 42.0 Å². The number of rotatable bonds is 3. The van der Waals surface area contributed by atoms with Crippen LogP contribution in [0.1, 0.15) is 31.2 Å². The number of benzene rings is 1. The SMILES string of the molecule is O=C(Nc1ccccc1CN1C(=O)CCC1=O)C(=O)N1CC2(CC=CC2)C1.